The summed E-state index contributed by atoms with van der Waals surface area (Å²) in [6.07, 6.45) is 7.19. The lowest BCUT2D eigenvalue weighted by atomic mass is 9.94. The maximum absolute atomic E-state index is 3.50. The minimum absolute atomic E-state index is 0.683. The Labute approximate surface area is 142 Å². The van der Waals surface area contributed by atoms with Crippen LogP contribution >= 0.6 is 0 Å². The lowest BCUT2D eigenvalue weighted by Gasteiger charge is -2.41. The molecule has 2 fully saturated rings. The van der Waals surface area contributed by atoms with Gasteiger partial charge in [-0.1, -0.05) is 33.1 Å². The number of benzene rings is 1. The molecule has 3 nitrogen and oxygen atoms in total. The second-order valence-electron chi connectivity index (χ2n) is 7.64. The van der Waals surface area contributed by atoms with Gasteiger partial charge in [0.25, 0.3) is 0 Å². The van der Waals surface area contributed by atoms with E-state index < -0.39 is 0 Å². The summed E-state index contributed by atoms with van der Waals surface area (Å²) in [5.74, 6) is 0.683. The molecular weight excluding hydrogens is 282 g/mol. The fraction of sp³-hybridized carbons (Fsp3) is 0.700. The van der Waals surface area contributed by atoms with Gasteiger partial charge in [0.2, 0.25) is 0 Å². The highest BCUT2D eigenvalue weighted by atomic mass is 15.3. The molecule has 1 N–H and O–H groups in total. The average Bonchev–Trinajstić information content (AvgIpc) is 2.61. The molecule has 2 aliphatic rings. The Morgan fingerprint density at radius 1 is 0.957 bits per heavy atom. The number of hydrogen-bond donors (Lipinski definition) is 1. The Morgan fingerprint density at radius 2 is 1.61 bits per heavy atom. The van der Waals surface area contributed by atoms with Crippen molar-refractivity contribution in [3.63, 3.8) is 0 Å². The van der Waals surface area contributed by atoms with Gasteiger partial charge in [0.15, 0.2) is 0 Å². The summed E-state index contributed by atoms with van der Waals surface area (Å²) in [6.45, 7) is 10.3. The molecule has 0 radical (unpaired) electrons. The highest BCUT2D eigenvalue weighted by Gasteiger charge is 2.25. The van der Waals surface area contributed by atoms with Crippen LogP contribution in [0.1, 0.15) is 46.0 Å². The van der Waals surface area contributed by atoms with Crippen LogP contribution in [0, 0.1) is 5.92 Å². The van der Waals surface area contributed by atoms with Crippen molar-refractivity contribution >= 4 is 11.4 Å². The third-order valence-corrected chi connectivity index (χ3v) is 5.35. The largest absolute Gasteiger partial charge is 0.385 e. The number of nitrogens with zero attached hydrogens (tertiary/aromatic N) is 2. The fourth-order valence-corrected chi connectivity index (χ4v) is 3.90. The Morgan fingerprint density at radius 3 is 2.22 bits per heavy atom. The maximum atomic E-state index is 3.50. The average molecular weight is 316 g/mol. The molecule has 3 heteroatoms. The van der Waals surface area contributed by atoms with Crippen LogP contribution in [-0.4, -0.2) is 43.7 Å². The van der Waals surface area contributed by atoms with Gasteiger partial charge in [0.05, 0.1) is 0 Å². The second-order valence-corrected chi connectivity index (χ2v) is 7.64. The molecule has 1 aliphatic carbocycles. The van der Waals surface area contributed by atoms with Crippen molar-refractivity contribution in [3.8, 4) is 0 Å². The number of anilines is 2. The van der Waals surface area contributed by atoms with Crippen LogP contribution in [0.5, 0.6) is 0 Å². The van der Waals surface area contributed by atoms with Crippen LogP contribution in [0.4, 0.5) is 11.4 Å². The molecule has 3 rings (SSSR count). The molecule has 1 aromatic carbocycles. The van der Waals surface area contributed by atoms with Crippen LogP contribution in [0.25, 0.3) is 0 Å². The fourth-order valence-electron chi connectivity index (χ4n) is 3.90. The smallest absolute Gasteiger partial charge is 0.0368 e. The molecule has 128 valence electrons. The van der Waals surface area contributed by atoms with Crippen LogP contribution < -0.4 is 10.2 Å². The molecule has 1 saturated carbocycles. The van der Waals surface area contributed by atoms with Crippen molar-refractivity contribution in [1.29, 1.82) is 0 Å². The van der Waals surface area contributed by atoms with E-state index in [9.17, 15) is 0 Å². The molecular formula is C20H33N3. The first-order chi connectivity index (χ1) is 11.2. The quantitative estimate of drug-likeness (QED) is 0.878. The third kappa shape index (κ3) is 4.63. The first kappa shape index (κ1) is 16.6. The van der Waals surface area contributed by atoms with E-state index in [1.165, 1.54) is 69.7 Å². The Bertz CT molecular complexity index is 454. The standard InChI is InChI=1S/C20H33N3/c1-17(2)16-21-18-8-10-20(11-9-18)23-14-12-22(13-15-23)19-6-4-3-5-7-19/h8-11,17,19,21H,3-7,12-16H2,1-2H3. The molecule has 0 aromatic heterocycles. The first-order valence-electron chi connectivity index (χ1n) is 9.55. The van der Waals surface area contributed by atoms with Crippen LogP contribution in [0.3, 0.4) is 0 Å². The zero-order chi connectivity index (χ0) is 16.1. The first-order valence-corrected chi connectivity index (χ1v) is 9.55. The van der Waals surface area contributed by atoms with Gasteiger partial charge < -0.3 is 10.2 Å². The molecule has 0 atom stereocenters. The minimum Gasteiger partial charge on any atom is -0.385 e. The van der Waals surface area contributed by atoms with Crippen molar-refractivity contribution < 1.29 is 0 Å². The van der Waals surface area contributed by atoms with E-state index in [1.807, 2.05) is 0 Å². The van der Waals surface area contributed by atoms with E-state index in [4.69, 9.17) is 0 Å². The Balaban J connectivity index is 1.49. The highest BCUT2D eigenvalue weighted by molar-refractivity contribution is 5.55. The van der Waals surface area contributed by atoms with E-state index in [-0.39, 0.29) is 0 Å². The number of rotatable bonds is 5. The molecule has 1 aliphatic heterocycles. The molecule has 0 amide bonds. The molecule has 1 aromatic rings. The van der Waals surface area contributed by atoms with Crippen LogP contribution in [0.15, 0.2) is 24.3 Å². The van der Waals surface area contributed by atoms with Crippen molar-refractivity contribution in [1.82, 2.24) is 4.90 Å². The topological polar surface area (TPSA) is 18.5 Å². The monoisotopic (exact) mass is 315 g/mol. The van der Waals surface area contributed by atoms with Gasteiger partial charge in [0, 0.05) is 50.1 Å². The molecule has 23 heavy (non-hydrogen) atoms. The maximum Gasteiger partial charge on any atom is 0.0368 e. The van der Waals surface area contributed by atoms with Crippen molar-refractivity contribution in [2.24, 2.45) is 5.92 Å². The summed E-state index contributed by atoms with van der Waals surface area (Å²) < 4.78 is 0. The van der Waals surface area contributed by atoms with E-state index in [0.717, 1.165) is 12.6 Å². The highest BCUT2D eigenvalue weighted by Crippen LogP contribution is 2.25. The predicted octanol–water partition coefficient (Wildman–Crippen LogP) is 4.21. The summed E-state index contributed by atoms with van der Waals surface area (Å²) in [5.41, 5.74) is 2.62. The minimum atomic E-state index is 0.683. The Hall–Kier alpha value is -1.22. The number of hydrogen-bond acceptors (Lipinski definition) is 3. The summed E-state index contributed by atoms with van der Waals surface area (Å²) in [7, 11) is 0. The van der Waals surface area contributed by atoms with Gasteiger partial charge in [-0.05, 0) is 43.0 Å². The lowest BCUT2D eigenvalue weighted by Crippen LogP contribution is -2.50. The summed E-state index contributed by atoms with van der Waals surface area (Å²) >= 11 is 0. The van der Waals surface area contributed by atoms with Gasteiger partial charge in [-0.2, -0.15) is 0 Å². The van der Waals surface area contributed by atoms with E-state index >= 15 is 0 Å². The summed E-state index contributed by atoms with van der Waals surface area (Å²) in [6, 6.07) is 9.88. The molecule has 0 unspecified atom stereocenters. The van der Waals surface area contributed by atoms with Gasteiger partial charge in [-0.15, -0.1) is 0 Å². The summed E-state index contributed by atoms with van der Waals surface area (Å²) in [4.78, 5) is 5.29. The predicted molar refractivity (Wildman–Crippen MR) is 100 cm³/mol. The van der Waals surface area contributed by atoms with Crippen molar-refractivity contribution in [2.45, 2.75) is 52.0 Å². The molecule has 0 bridgehead atoms. The van der Waals surface area contributed by atoms with Gasteiger partial charge in [-0.25, -0.2) is 0 Å². The molecule has 0 spiro atoms. The van der Waals surface area contributed by atoms with Crippen LogP contribution in [0.2, 0.25) is 0 Å². The van der Waals surface area contributed by atoms with Gasteiger partial charge in [-0.3, -0.25) is 4.90 Å². The second kappa shape index (κ2) is 8.05. The Kier molecular flexibility index (Phi) is 5.82. The third-order valence-electron chi connectivity index (χ3n) is 5.35. The number of nitrogens with one attached hydrogen (secondary N) is 1. The zero-order valence-corrected chi connectivity index (χ0v) is 14.9. The van der Waals surface area contributed by atoms with E-state index in [2.05, 4.69) is 53.2 Å². The molecule has 1 heterocycles. The van der Waals surface area contributed by atoms with Gasteiger partial charge in [0.1, 0.15) is 0 Å². The lowest BCUT2D eigenvalue weighted by molar-refractivity contribution is 0.148. The normalized spacial score (nSPS) is 20.9. The van der Waals surface area contributed by atoms with Crippen molar-refractivity contribution in [2.75, 3.05) is 42.9 Å². The molecule has 1 saturated heterocycles. The van der Waals surface area contributed by atoms with E-state index in [0.29, 0.717) is 5.92 Å². The van der Waals surface area contributed by atoms with E-state index in [1.54, 1.807) is 0 Å². The number of piperazine rings is 1. The van der Waals surface area contributed by atoms with Gasteiger partial charge >= 0.3 is 0 Å². The SMILES string of the molecule is CC(C)CNc1ccc(N2CCN(C3CCCCC3)CC2)cc1. The van der Waals surface area contributed by atoms with Crippen LogP contribution in [-0.2, 0) is 0 Å². The zero-order valence-electron chi connectivity index (χ0n) is 14.9. The summed E-state index contributed by atoms with van der Waals surface area (Å²) in [5, 5.41) is 3.50. The van der Waals surface area contributed by atoms with Crippen molar-refractivity contribution in [3.05, 3.63) is 24.3 Å².